The van der Waals surface area contributed by atoms with Gasteiger partial charge in [-0.3, -0.25) is 0 Å². The SMILES string of the molecule is CC(O)CCCNC(C)c1ccc(Cl)c(Cl)c1Cl. The molecule has 0 aliphatic heterocycles. The Labute approximate surface area is 123 Å². The van der Waals surface area contributed by atoms with Crippen molar-refractivity contribution < 1.29 is 5.11 Å². The lowest BCUT2D eigenvalue weighted by Gasteiger charge is -2.17. The summed E-state index contributed by atoms with van der Waals surface area (Å²) in [6.07, 6.45) is 1.45. The molecule has 0 saturated carbocycles. The molecule has 5 heteroatoms. The van der Waals surface area contributed by atoms with E-state index in [2.05, 4.69) is 5.32 Å². The van der Waals surface area contributed by atoms with Crippen LogP contribution in [0.5, 0.6) is 0 Å². The monoisotopic (exact) mass is 309 g/mol. The van der Waals surface area contributed by atoms with Crippen molar-refractivity contribution in [2.45, 2.75) is 38.8 Å². The number of benzene rings is 1. The molecule has 0 bridgehead atoms. The van der Waals surface area contributed by atoms with E-state index in [9.17, 15) is 0 Å². The van der Waals surface area contributed by atoms with Crippen LogP contribution in [0.4, 0.5) is 0 Å². The van der Waals surface area contributed by atoms with Crippen molar-refractivity contribution in [2.75, 3.05) is 6.54 Å². The standard InChI is InChI=1S/C13H18Cl3NO/c1-8(18)4-3-7-17-9(2)10-5-6-11(14)13(16)12(10)15/h5-6,8-9,17-18H,3-4,7H2,1-2H3. The lowest BCUT2D eigenvalue weighted by Crippen LogP contribution is -2.21. The summed E-state index contributed by atoms with van der Waals surface area (Å²) in [4.78, 5) is 0. The van der Waals surface area contributed by atoms with Crippen molar-refractivity contribution >= 4 is 34.8 Å². The third kappa shape index (κ3) is 4.60. The molecule has 0 fully saturated rings. The van der Waals surface area contributed by atoms with Gasteiger partial charge in [0.1, 0.15) is 0 Å². The van der Waals surface area contributed by atoms with Crippen molar-refractivity contribution in [3.8, 4) is 0 Å². The van der Waals surface area contributed by atoms with E-state index in [0.717, 1.165) is 24.9 Å². The molecule has 0 radical (unpaired) electrons. The predicted molar refractivity (Wildman–Crippen MR) is 78.8 cm³/mol. The summed E-state index contributed by atoms with van der Waals surface area (Å²) in [6, 6.07) is 3.73. The van der Waals surface area contributed by atoms with E-state index in [-0.39, 0.29) is 12.1 Å². The molecule has 0 aromatic heterocycles. The summed E-state index contributed by atoms with van der Waals surface area (Å²) in [6.45, 7) is 4.63. The van der Waals surface area contributed by atoms with E-state index in [0.29, 0.717) is 15.1 Å². The van der Waals surface area contributed by atoms with Crippen LogP contribution in [-0.2, 0) is 0 Å². The van der Waals surface area contributed by atoms with Gasteiger partial charge < -0.3 is 10.4 Å². The molecule has 1 rings (SSSR count). The maximum atomic E-state index is 9.16. The highest BCUT2D eigenvalue weighted by Crippen LogP contribution is 2.35. The molecule has 2 unspecified atom stereocenters. The molecule has 2 N–H and O–H groups in total. The molecule has 2 atom stereocenters. The van der Waals surface area contributed by atoms with Crippen LogP contribution in [0.15, 0.2) is 12.1 Å². The Bertz CT molecular complexity index is 396. The zero-order valence-corrected chi connectivity index (χ0v) is 12.8. The van der Waals surface area contributed by atoms with Gasteiger partial charge >= 0.3 is 0 Å². The summed E-state index contributed by atoms with van der Waals surface area (Å²) < 4.78 is 0. The van der Waals surface area contributed by atoms with E-state index in [1.807, 2.05) is 13.0 Å². The zero-order chi connectivity index (χ0) is 13.7. The highest BCUT2D eigenvalue weighted by atomic mass is 35.5. The van der Waals surface area contributed by atoms with Crippen molar-refractivity contribution in [2.24, 2.45) is 0 Å². The van der Waals surface area contributed by atoms with Gasteiger partial charge in [-0.15, -0.1) is 0 Å². The lowest BCUT2D eigenvalue weighted by molar-refractivity contribution is 0.181. The minimum absolute atomic E-state index is 0.0984. The van der Waals surface area contributed by atoms with Crippen LogP contribution < -0.4 is 5.32 Å². The van der Waals surface area contributed by atoms with E-state index in [4.69, 9.17) is 39.9 Å². The van der Waals surface area contributed by atoms with E-state index >= 15 is 0 Å². The van der Waals surface area contributed by atoms with E-state index in [1.165, 1.54) is 0 Å². The summed E-state index contributed by atoms with van der Waals surface area (Å²) in [5.74, 6) is 0. The number of hydrogen-bond acceptors (Lipinski definition) is 2. The molecule has 1 aromatic carbocycles. The Morgan fingerprint density at radius 3 is 2.44 bits per heavy atom. The average Bonchev–Trinajstić information content (AvgIpc) is 2.31. The first-order valence-electron chi connectivity index (χ1n) is 5.98. The van der Waals surface area contributed by atoms with Crippen LogP contribution in [-0.4, -0.2) is 17.8 Å². The van der Waals surface area contributed by atoms with Crippen LogP contribution >= 0.6 is 34.8 Å². The maximum Gasteiger partial charge on any atom is 0.0781 e. The molecule has 0 amide bonds. The first-order chi connectivity index (χ1) is 8.43. The van der Waals surface area contributed by atoms with Crippen molar-refractivity contribution in [1.82, 2.24) is 5.32 Å². The Kier molecular flexibility index (Phi) is 6.75. The van der Waals surface area contributed by atoms with Gasteiger partial charge in [-0.1, -0.05) is 40.9 Å². The smallest absolute Gasteiger partial charge is 0.0781 e. The fourth-order valence-corrected chi connectivity index (χ4v) is 2.41. The number of aliphatic hydroxyl groups is 1. The first kappa shape index (κ1) is 16.1. The van der Waals surface area contributed by atoms with Crippen LogP contribution in [0, 0.1) is 0 Å². The van der Waals surface area contributed by atoms with Crippen molar-refractivity contribution in [3.05, 3.63) is 32.8 Å². The fourth-order valence-electron chi connectivity index (χ4n) is 1.70. The highest BCUT2D eigenvalue weighted by Gasteiger charge is 2.13. The molecule has 18 heavy (non-hydrogen) atoms. The minimum atomic E-state index is -0.254. The van der Waals surface area contributed by atoms with Gasteiger partial charge in [0.15, 0.2) is 0 Å². The second kappa shape index (κ2) is 7.56. The normalized spacial score (nSPS) is 14.6. The Balaban J connectivity index is 2.57. The summed E-state index contributed by atoms with van der Waals surface area (Å²) in [5.41, 5.74) is 0.933. The van der Waals surface area contributed by atoms with Gasteiger partial charge in [-0.25, -0.2) is 0 Å². The second-order valence-electron chi connectivity index (χ2n) is 4.43. The number of aliphatic hydroxyl groups excluding tert-OH is 1. The topological polar surface area (TPSA) is 32.3 Å². The first-order valence-corrected chi connectivity index (χ1v) is 7.11. The lowest BCUT2D eigenvalue weighted by atomic mass is 10.1. The highest BCUT2D eigenvalue weighted by molar-refractivity contribution is 6.48. The molecule has 1 aromatic rings. The number of hydrogen-bond donors (Lipinski definition) is 2. The molecule has 0 aliphatic rings. The van der Waals surface area contributed by atoms with Gasteiger partial charge in [0, 0.05) is 6.04 Å². The predicted octanol–water partition coefficient (Wildman–Crippen LogP) is 4.46. The van der Waals surface area contributed by atoms with Crippen molar-refractivity contribution in [3.63, 3.8) is 0 Å². The Hall–Kier alpha value is 0.01000. The molecular formula is C13H18Cl3NO. The summed E-state index contributed by atoms with van der Waals surface area (Å²) in [5, 5.41) is 13.9. The van der Waals surface area contributed by atoms with Crippen LogP contribution in [0.25, 0.3) is 0 Å². The third-order valence-electron chi connectivity index (χ3n) is 2.78. The molecular weight excluding hydrogens is 293 g/mol. The van der Waals surface area contributed by atoms with Gasteiger partial charge in [0.25, 0.3) is 0 Å². The molecule has 0 saturated heterocycles. The van der Waals surface area contributed by atoms with E-state index < -0.39 is 0 Å². The Morgan fingerprint density at radius 2 is 1.83 bits per heavy atom. The molecule has 2 nitrogen and oxygen atoms in total. The fraction of sp³-hybridized carbons (Fsp3) is 0.538. The summed E-state index contributed by atoms with van der Waals surface area (Å²) in [7, 11) is 0. The van der Waals surface area contributed by atoms with E-state index in [1.54, 1.807) is 13.0 Å². The Morgan fingerprint density at radius 1 is 1.17 bits per heavy atom. The van der Waals surface area contributed by atoms with Gasteiger partial charge in [0.05, 0.1) is 21.2 Å². The van der Waals surface area contributed by atoms with Crippen LogP contribution in [0.3, 0.4) is 0 Å². The van der Waals surface area contributed by atoms with Crippen LogP contribution in [0.2, 0.25) is 15.1 Å². The largest absolute Gasteiger partial charge is 0.393 e. The number of nitrogens with one attached hydrogen (secondary N) is 1. The molecule has 102 valence electrons. The second-order valence-corrected chi connectivity index (χ2v) is 5.59. The third-order valence-corrected chi connectivity index (χ3v) is 4.09. The van der Waals surface area contributed by atoms with Gasteiger partial charge in [-0.05, 0) is 44.9 Å². The molecule has 0 heterocycles. The minimum Gasteiger partial charge on any atom is -0.393 e. The average molecular weight is 311 g/mol. The van der Waals surface area contributed by atoms with Crippen molar-refractivity contribution in [1.29, 1.82) is 0 Å². The van der Waals surface area contributed by atoms with Gasteiger partial charge in [0.2, 0.25) is 0 Å². The van der Waals surface area contributed by atoms with Gasteiger partial charge in [-0.2, -0.15) is 0 Å². The molecule has 0 aliphatic carbocycles. The summed E-state index contributed by atoms with van der Waals surface area (Å²) >= 11 is 18.1. The zero-order valence-electron chi connectivity index (χ0n) is 10.5. The number of rotatable bonds is 6. The quantitative estimate of drug-likeness (QED) is 0.600. The maximum absolute atomic E-state index is 9.16. The number of halogens is 3. The molecule has 0 spiro atoms. The van der Waals surface area contributed by atoms with Crippen LogP contribution in [0.1, 0.15) is 38.3 Å².